The van der Waals surface area contributed by atoms with Gasteiger partial charge in [0.15, 0.2) is 0 Å². The smallest absolute Gasteiger partial charge is 0.270 e. The number of carbonyl (C=O) groups is 1. The minimum Gasteiger partial charge on any atom is -0.368 e. The highest BCUT2D eigenvalue weighted by atomic mass is 16.2. The van der Waals surface area contributed by atoms with E-state index in [2.05, 4.69) is 32.0 Å². The molecule has 1 aliphatic carbocycles. The summed E-state index contributed by atoms with van der Waals surface area (Å²) in [7, 11) is 3.54. The highest BCUT2D eigenvalue weighted by Gasteiger charge is 2.27. The Labute approximate surface area is 164 Å². The number of anilines is 2. The summed E-state index contributed by atoms with van der Waals surface area (Å²) >= 11 is 0. The molecule has 146 valence electrons. The molecule has 1 saturated carbocycles. The third kappa shape index (κ3) is 3.40. The summed E-state index contributed by atoms with van der Waals surface area (Å²) in [4.78, 5) is 23.4. The van der Waals surface area contributed by atoms with Crippen LogP contribution < -0.4 is 11.1 Å². The second-order valence-corrected chi connectivity index (χ2v) is 7.54. The van der Waals surface area contributed by atoms with Gasteiger partial charge in [-0.15, -0.1) is 0 Å². The van der Waals surface area contributed by atoms with Gasteiger partial charge >= 0.3 is 0 Å². The Morgan fingerprint density at radius 3 is 2.61 bits per heavy atom. The normalized spacial score (nSPS) is 14.5. The molecule has 0 atom stereocenters. The lowest BCUT2D eigenvalue weighted by atomic mass is 10.2. The van der Waals surface area contributed by atoms with E-state index in [9.17, 15) is 4.79 Å². The molecule has 1 aliphatic rings. The number of amides is 1. The average molecular weight is 378 g/mol. The van der Waals surface area contributed by atoms with Gasteiger partial charge in [0.05, 0.1) is 5.39 Å². The Balaban J connectivity index is 1.80. The molecular formula is C21H26N6O. The molecule has 1 amide bonds. The molecule has 4 rings (SSSR count). The van der Waals surface area contributed by atoms with E-state index >= 15 is 0 Å². The molecule has 3 aromatic rings. The maximum atomic E-state index is 12.9. The van der Waals surface area contributed by atoms with E-state index in [1.807, 2.05) is 24.3 Å². The number of nitrogen functional groups attached to an aromatic ring is 1. The standard InChI is InChI=1S/C21H26N6O/c1-26(2)20(28)17-12-16-18(23-13-14-8-4-3-5-9-14)24-21(22)25-19(16)27(17)15-10-6-7-11-15/h3-5,8-9,12,15H,6-7,10-11,13H2,1-2H3,(H3,22,23,24,25). The lowest BCUT2D eigenvalue weighted by Crippen LogP contribution is -2.25. The molecule has 1 fully saturated rings. The number of nitrogens with two attached hydrogens (primary N) is 1. The molecule has 7 nitrogen and oxygen atoms in total. The van der Waals surface area contributed by atoms with Crippen molar-refractivity contribution in [3.8, 4) is 0 Å². The van der Waals surface area contributed by atoms with Crippen molar-refractivity contribution in [3.05, 3.63) is 47.7 Å². The minimum absolute atomic E-state index is 0.0301. The molecule has 0 unspecified atom stereocenters. The van der Waals surface area contributed by atoms with Crippen LogP contribution in [0.25, 0.3) is 11.0 Å². The van der Waals surface area contributed by atoms with Crippen LogP contribution >= 0.6 is 0 Å². The molecule has 7 heteroatoms. The molecule has 0 bridgehead atoms. The summed E-state index contributed by atoms with van der Waals surface area (Å²) in [5.74, 6) is 0.845. The van der Waals surface area contributed by atoms with Crippen molar-refractivity contribution in [1.29, 1.82) is 0 Å². The quantitative estimate of drug-likeness (QED) is 0.710. The van der Waals surface area contributed by atoms with E-state index in [0.29, 0.717) is 18.1 Å². The molecule has 28 heavy (non-hydrogen) atoms. The van der Waals surface area contributed by atoms with Crippen molar-refractivity contribution in [2.45, 2.75) is 38.3 Å². The van der Waals surface area contributed by atoms with Gasteiger partial charge in [0.25, 0.3) is 5.91 Å². The number of hydrogen-bond acceptors (Lipinski definition) is 5. The van der Waals surface area contributed by atoms with Gasteiger partial charge in [-0.3, -0.25) is 4.79 Å². The monoisotopic (exact) mass is 378 g/mol. The first kappa shape index (κ1) is 18.3. The number of nitrogens with one attached hydrogen (secondary N) is 1. The maximum absolute atomic E-state index is 12.9. The predicted molar refractivity (Wildman–Crippen MR) is 111 cm³/mol. The number of fused-ring (bicyclic) bond motifs is 1. The van der Waals surface area contributed by atoms with Crippen molar-refractivity contribution in [2.24, 2.45) is 0 Å². The summed E-state index contributed by atoms with van der Waals surface area (Å²) in [5.41, 5.74) is 8.57. The van der Waals surface area contributed by atoms with Crippen molar-refractivity contribution >= 4 is 28.7 Å². The van der Waals surface area contributed by atoms with E-state index in [-0.39, 0.29) is 17.9 Å². The number of benzene rings is 1. The topological polar surface area (TPSA) is 89.1 Å². The van der Waals surface area contributed by atoms with Crippen LogP contribution in [0.2, 0.25) is 0 Å². The summed E-state index contributed by atoms with van der Waals surface area (Å²) < 4.78 is 2.08. The minimum atomic E-state index is -0.0301. The summed E-state index contributed by atoms with van der Waals surface area (Å²) in [6, 6.07) is 12.3. The molecule has 0 aliphatic heterocycles. The van der Waals surface area contributed by atoms with E-state index < -0.39 is 0 Å². The Morgan fingerprint density at radius 2 is 1.93 bits per heavy atom. The fraction of sp³-hybridized carbons (Fsp3) is 0.381. The Kier molecular flexibility index (Phi) is 4.90. The van der Waals surface area contributed by atoms with E-state index in [4.69, 9.17) is 5.73 Å². The van der Waals surface area contributed by atoms with Gasteiger partial charge in [0.2, 0.25) is 5.95 Å². The zero-order chi connectivity index (χ0) is 19.7. The number of nitrogens with zero attached hydrogens (tertiary/aromatic N) is 4. The molecule has 1 aromatic carbocycles. The van der Waals surface area contributed by atoms with Crippen LogP contribution in [0.1, 0.15) is 47.8 Å². The zero-order valence-electron chi connectivity index (χ0n) is 16.4. The van der Waals surface area contributed by atoms with E-state index in [0.717, 1.165) is 29.4 Å². The molecule has 2 aromatic heterocycles. The van der Waals surface area contributed by atoms with Gasteiger partial charge in [0, 0.05) is 26.7 Å². The number of carbonyl (C=O) groups excluding carboxylic acids is 1. The molecule has 0 radical (unpaired) electrons. The van der Waals surface area contributed by atoms with Gasteiger partial charge in [-0.25, -0.2) is 0 Å². The van der Waals surface area contributed by atoms with Crippen molar-refractivity contribution < 1.29 is 4.79 Å². The largest absolute Gasteiger partial charge is 0.368 e. The molecule has 2 heterocycles. The SMILES string of the molecule is CN(C)C(=O)c1cc2c(NCc3ccccc3)nc(N)nc2n1C1CCCC1. The van der Waals surface area contributed by atoms with Crippen LogP contribution in [0.3, 0.4) is 0 Å². The third-order valence-electron chi connectivity index (χ3n) is 5.33. The van der Waals surface area contributed by atoms with Gasteiger partial charge in [-0.1, -0.05) is 43.2 Å². The van der Waals surface area contributed by atoms with Gasteiger partial charge in [0.1, 0.15) is 17.2 Å². The average Bonchev–Trinajstić information content (AvgIpc) is 3.33. The van der Waals surface area contributed by atoms with Gasteiger partial charge in [-0.05, 0) is 24.5 Å². The van der Waals surface area contributed by atoms with Crippen LogP contribution in [-0.2, 0) is 6.54 Å². The first-order chi connectivity index (χ1) is 13.5. The van der Waals surface area contributed by atoms with Crippen LogP contribution in [0.5, 0.6) is 0 Å². The van der Waals surface area contributed by atoms with Gasteiger partial charge < -0.3 is 20.5 Å². The van der Waals surface area contributed by atoms with E-state index in [1.165, 1.54) is 12.8 Å². The van der Waals surface area contributed by atoms with Crippen molar-refractivity contribution in [1.82, 2.24) is 19.4 Å². The highest BCUT2D eigenvalue weighted by molar-refractivity contribution is 6.01. The number of rotatable bonds is 5. The Hall–Kier alpha value is -3.09. The lowest BCUT2D eigenvalue weighted by Gasteiger charge is -2.19. The van der Waals surface area contributed by atoms with Crippen molar-refractivity contribution in [2.75, 3.05) is 25.1 Å². The van der Waals surface area contributed by atoms with Gasteiger partial charge in [-0.2, -0.15) is 9.97 Å². The second-order valence-electron chi connectivity index (χ2n) is 7.54. The molecular weight excluding hydrogens is 352 g/mol. The Bertz CT molecular complexity index is 989. The second kappa shape index (κ2) is 7.50. The van der Waals surface area contributed by atoms with E-state index in [1.54, 1.807) is 19.0 Å². The highest BCUT2D eigenvalue weighted by Crippen LogP contribution is 2.36. The fourth-order valence-corrected chi connectivity index (χ4v) is 3.95. The first-order valence-electron chi connectivity index (χ1n) is 9.72. The fourth-order valence-electron chi connectivity index (χ4n) is 3.95. The maximum Gasteiger partial charge on any atom is 0.270 e. The Morgan fingerprint density at radius 1 is 1.21 bits per heavy atom. The zero-order valence-corrected chi connectivity index (χ0v) is 16.4. The van der Waals surface area contributed by atoms with Crippen LogP contribution in [0, 0.1) is 0 Å². The predicted octanol–water partition coefficient (Wildman–Crippen LogP) is 3.44. The first-order valence-corrected chi connectivity index (χ1v) is 9.72. The molecule has 3 N–H and O–H groups in total. The third-order valence-corrected chi connectivity index (χ3v) is 5.33. The summed E-state index contributed by atoms with van der Waals surface area (Å²) in [6.07, 6.45) is 4.43. The molecule has 0 saturated heterocycles. The van der Waals surface area contributed by atoms with Crippen molar-refractivity contribution in [3.63, 3.8) is 0 Å². The summed E-state index contributed by atoms with van der Waals surface area (Å²) in [5, 5.41) is 4.21. The van der Waals surface area contributed by atoms with Crippen LogP contribution in [-0.4, -0.2) is 39.4 Å². The van der Waals surface area contributed by atoms with Crippen LogP contribution in [0.4, 0.5) is 11.8 Å². The lowest BCUT2D eigenvalue weighted by molar-refractivity contribution is 0.0815. The number of aromatic nitrogens is 3. The van der Waals surface area contributed by atoms with Crippen LogP contribution in [0.15, 0.2) is 36.4 Å². The molecule has 0 spiro atoms. The number of hydrogen-bond donors (Lipinski definition) is 2. The summed E-state index contributed by atoms with van der Waals surface area (Å²) in [6.45, 7) is 0.623.